The van der Waals surface area contributed by atoms with Gasteiger partial charge in [0.15, 0.2) is 0 Å². The molecule has 0 saturated carbocycles. The molecule has 0 bridgehead atoms. The highest BCUT2D eigenvalue weighted by atomic mass is 16.5. The Morgan fingerprint density at radius 1 is 1.35 bits per heavy atom. The van der Waals surface area contributed by atoms with Crippen molar-refractivity contribution in [2.75, 3.05) is 50.5 Å². The minimum absolute atomic E-state index is 0.0491. The van der Waals surface area contributed by atoms with E-state index in [9.17, 15) is 9.90 Å². The molecule has 1 aromatic heterocycles. The van der Waals surface area contributed by atoms with E-state index in [-0.39, 0.29) is 6.10 Å². The van der Waals surface area contributed by atoms with Gasteiger partial charge in [-0.15, -0.1) is 0 Å². The lowest BCUT2D eigenvalue weighted by Crippen LogP contribution is -2.55. The highest BCUT2D eigenvalue weighted by molar-refractivity contribution is 5.89. The fourth-order valence-electron chi connectivity index (χ4n) is 5.19. The molecule has 2 aromatic rings. The Hall–Kier alpha value is -3.17. The van der Waals surface area contributed by atoms with Crippen molar-refractivity contribution in [2.24, 2.45) is 0 Å². The van der Waals surface area contributed by atoms with Crippen molar-refractivity contribution in [3.05, 3.63) is 46.6 Å². The zero-order valence-corrected chi connectivity index (χ0v) is 21.9. The molecule has 4 rings (SSSR count). The van der Waals surface area contributed by atoms with E-state index >= 15 is 0 Å². The molecule has 0 amide bonds. The summed E-state index contributed by atoms with van der Waals surface area (Å²) in [6.45, 7) is 5.42. The van der Waals surface area contributed by atoms with E-state index in [1.54, 1.807) is 7.11 Å². The zero-order chi connectivity index (χ0) is 26.2. The van der Waals surface area contributed by atoms with Gasteiger partial charge in [-0.2, -0.15) is 0 Å². The predicted octanol–water partition coefficient (Wildman–Crippen LogP) is 4.12. The van der Waals surface area contributed by atoms with Crippen LogP contribution >= 0.6 is 0 Å². The molecule has 2 aliphatic rings. The smallest absolute Gasteiger partial charge is 0.325 e. The number of benzene rings is 1. The molecular formula is C28H39N5O4. The highest BCUT2D eigenvalue weighted by Gasteiger charge is 2.38. The summed E-state index contributed by atoms with van der Waals surface area (Å²) in [5, 5.41) is 24.3. The molecule has 3 heterocycles. The van der Waals surface area contributed by atoms with Crippen molar-refractivity contribution >= 4 is 23.7 Å². The van der Waals surface area contributed by atoms with E-state index in [4.69, 9.17) is 19.9 Å². The molecule has 200 valence electrons. The number of para-hydroxylation sites is 1. The molecule has 9 heteroatoms. The lowest BCUT2D eigenvalue weighted by atomic mass is 9.96. The first kappa shape index (κ1) is 26.9. The number of anilines is 2. The Morgan fingerprint density at radius 2 is 2.19 bits per heavy atom. The molecule has 4 N–H and O–H groups in total. The summed E-state index contributed by atoms with van der Waals surface area (Å²) >= 11 is 0. The number of fused-ring (bicyclic) bond motifs is 1. The molecule has 1 unspecified atom stereocenters. The van der Waals surface area contributed by atoms with E-state index in [1.807, 2.05) is 30.0 Å². The van der Waals surface area contributed by atoms with Gasteiger partial charge in [0.2, 0.25) is 0 Å². The number of nitrogens with zero attached hydrogens (tertiary/aromatic N) is 2. The number of carbonyl (C=O) groups is 1. The van der Waals surface area contributed by atoms with Crippen molar-refractivity contribution in [2.45, 2.75) is 57.6 Å². The zero-order valence-electron chi connectivity index (χ0n) is 21.9. The number of hydrogen-bond donors (Lipinski definition) is 4. The van der Waals surface area contributed by atoms with Gasteiger partial charge in [0.1, 0.15) is 17.6 Å². The maximum absolute atomic E-state index is 12.2. The maximum Gasteiger partial charge on any atom is 0.325 e. The molecule has 1 atom stereocenters. The van der Waals surface area contributed by atoms with Crippen LogP contribution in [0.4, 0.5) is 11.5 Å². The van der Waals surface area contributed by atoms with Crippen molar-refractivity contribution in [1.29, 1.82) is 5.41 Å². The fraction of sp³-hybridized carbons (Fsp3) is 0.536. The van der Waals surface area contributed by atoms with Crippen LogP contribution in [0, 0.1) is 5.41 Å². The molecule has 0 aliphatic carbocycles. The standard InChI is InChI=1S/C28H39N5O4/c1-3-30-25-19(16-29)9-7-11-23(25)26(28(34)35)33-17-21(18-33)37-14-6-4-5-10-20-15-24(36-2)22-12-8-13-31-27(22)32-20/h7,9,11,15-16,21,26,29-30H,3-6,8,10,12-14,17-18H2,1-2H3,(H,31,32)(H,34,35). The normalized spacial score (nSPS) is 16.3. The van der Waals surface area contributed by atoms with Crippen molar-refractivity contribution < 1.29 is 19.4 Å². The number of carboxylic acids is 1. The molecule has 9 nitrogen and oxygen atoms in total. The lowest BCUT2D eigenvalue weighted by Gasteiger charge is -2.43. The summed E-state index contributed by atoms with van der Waals surface area (Å²) in [6.07, 6.45) is 7.38. The largest absolute Gasteiger partial charge is 0.496 e. The van der Waals surface area contributed by atoms with Gasteiger partial charge in [-0.05, 0) is 39.0 Å². The third-order valence-electron chi connectivity index (χ3n) is 7.09. The van der Waals surface area contributed by atoms with Gasteiger partial charge < -0.3 is 30.6 Å². The second kappa shape index (κ2) is 12.9. The minimum atomic E-state index is -0.887. The van der Waals surface area contributed by atoms with Crippen LogP contribution < -0.4 is 15.4 Å². The number of carboxylic acid groups (broad SMARTS) is 1. The SMILES string of the molecule is CCNc1c(C=N)cccc1C(C(=O)O)N1CC(OCCCCCc2cc(OC)c3c(n2)NCCC3)C1. The van der Waals surface area contributed by atoms with Gasteiger partial charge in [-0.1, -0.05) is 24.6 Å². The summed E-state index contributed by atoms with van der Waals surface area (Å²) in [7, 11) is 1.72. The van der Waals surface area contributed by atoms with Gasteiger partial charge in [-0.3, -0.25) is 9.69 Å². The van der Waals surface area contributed by atoms with Crippen LogP contribution in [-0.2, 0) is 22.4 Å². The average Bonchev–Trinajstić information content (AvgIpc) is 2.88. The number of ether oxygens (including phenoxy) is 2. The van der Waals surface area contributed by atoms with Crippen LogP contribution in [-0.4, -0.2) is 73.2 Å². The third kappa shape index (κ3) is 6.40. The number of aliphatic carboxylic acids is 1. The number of pyridine rings is 1. The number of unbranched alkanes of at least 4 members (excludes halogenated alkanes) is 2. The van der Waals surface area contributed by atoms with Crippen molar-refractivity contribution in [3.8, 4) is 5.75 Å². The Morgan fingerprint density at radius 3 is 2.92 bits per heavy atom. The summed E-state index contributed by atoms with van der Waals surface area (Å²) < 4.78 is 11.6. The highest BCUT2D eigenvalue weighted by Crippen LogP contribution is 2.34. The summed E-state index contributed by atoms with van der Waals surface area (Å²) in [4.78, 5) is 18.9. The number of methoxy groups -OCH3 is 1. The molecule has 0 spiro atoms. The fourth-order valence-corrected chi connectivity index (χ4v) is 5.19. The van der Waals surface area contributed by atoms with E-state index < -0.39 is 12.0 Å². The molecule has 0 radical (unpaired) electrons. The second-order valence-electron chi connectivity index (χ2n) is 9.66. The number of nitrogens with one attached hydrogen (secondary N) is 3. The molecule has 2 aliphatic heterocycles. The Labute approximate surface area is 219 Å². The van der Waals surface area contributed by atoms with Crippen molar-refractivity contribution in [1.82, 2.24) is 9.88 Å². The summed E-state index contributed by atoms with van der Waals surface area (Å²) in [5.41, 5.74) is 4.35. The average molecular weight is 510 g/mol. The van der Waals surface area contributed by atoms with E-state index in [1.165, 1.54) is 11.8 Å². The van der Waals surface area contributed by atoms with Gasteiger partial charge >= 0.3 is 5.97 Å². The number of aromatic nitrogens is 1. The van der Waals surface area contributed by atoms with Gasteiger partial charge in [0.05, 0.1) is 13.2 Å². The molecule has 1 aromatic carbocycles. The second-order valence-corrected chi connectivity index (χ2v) is 9.66. The molecule has 1 fully saturated rings. The van der Waals surface area contributed by atoms with Crippen LogP contribution in [0.15, 0.2) is 24.3 Å². The maximum atomic E-state index is 12.2. The summed E-state index contributed by atoms with van der Waals surface area (Å²) in [6, 6.07) is 6.78. The number of aryl methyl sites for hydroxylation is 1. The van der Waals surface area contributed by atoms with Crippen LogP contribution in [0.1, 0.15) is 61.0 Å². The predicted molar refractivity (Wildman–Crippen MR) is 145 cm³/mol. The lowest BCUT2D eigenvalue weighted by molar-refractivity contribution is -0.150. The van der Waals surface area contributed by atoms with Crippen LogP contribution in [0.2, 0.25) is 0 Å². The topological polar surface area (TPSA) is 120 Å². The summed E-state index contributed by atoms with van der Waals surface area (Å²) in [5.74, 6) is 1.02. The Kier molecular flexibility index (Phi) is 9.35. The number of hydrogen-bond acceptors (Lipinski definition) is 8. The first-order valence-corrected chi connectivity index (χ1v) is 13.3. The van der Waals surface area contributed by atoms with E-state index in [0.29, 0.717) is 37.4 Å². The quantitative estimate of drug-likeness (QED) is 0.222. The van der Waals surface area contributed by atoms with E-state index in [0.717, 1.165) is 68.0 Å². The van der Waals surface area contributed by atoms with Gasteiger partial charge in [0, 0.05) is 73.1 Å². The first-order chi connectivity index (χ1) is 18.0. The Bertz CT molecular complexity index is 1070. The van der Waals surface area contributed by atoms with Crippen LogP contribution in [0.25, 0.3) is 0 Å². The number of rotatable bonds is 14. The molecule has 37 heavy (non-hydrogen) atoms. The monoisotopic (exact) mass is 509 g/mol. The molecular weight excluding hydrogens is 470 g/mol. The van der Waals surface area contributed by atoms with Crippen LogP contribution in [0.3, 0.4) is 0 Å². The van der Waals surface area contributed by atoms with Gasteiger partial charge in [-0.25, -0.2) is 4.98 Å². The van der Waals surface area contributed by atoms with E-state index in [2.05, 4.69) is 16.7 Å². The van der Waals surface area contributed by atoms with Gasteiger partial charge in [0.25, 0.3) is 0 Å². The Balaban J connectivity index is 1.21. The minimum Gasteiger partial charge on any atom is -0.496 e. The third-order valence-corrected chi connectivity index (χ3v) is 7.09. The van der Waals surface area contributed by atoms with Crippen LogP contribution in [0.5, 0.6) is 5.75 Å². The first-order valence-electron chi connectivity index (χ1n) is 13.3. The molecule has 1 saturated heterocycles. The van der Waals surface area contributed by atoms with Crippen molar-refractivity contribution in [3.63, 3.8) is 0 Å². The number of likely N-dealkylation sites (tertiary alicyclic amines) is 1.